The van der Waals surface area contributed by atoms with Crippen molar-refractivity contribution in [3.63, 3.8) is 0 Å². The summed E-state index contributed by atoms with van der Waals surface area (Å²) in [5, 5.41) is 0. The second-order valence-corrected chi connectivity index (χ2v) is 6.92. The summed E-state index contributed by atoms with van der Waals surface area (Å²) in [6.45, 7) is 2.12. The van der Waals surface area contributed by atoms with Gasteiger partial charge in [0.2, 0.25) is 0 Å². The van der Waals surface area contributed by atoms with Gasteiger partial charge >= 0.3 is 0 Å². The Bertz CT molecular complexity index is 985. The molecule has 0 saturated heterocycles. The maximum Gasteiger partial charge on any atom is 0.0463 e. The Morgan fingerprint density at radius 2 is 0.929 bits per heavy atom. The van der Waals surface area contributed by atoms with Crippen LogP contribution in [0.3, 0.4) is 0 Å². The Kier molecular flexibility index (Phi) is 5.11. The Balaban J connectivity index is 1.69. The van der Waals surface area contributed by atoms with Gasteiger partial charge in [0.05, 0.1) is 0 Å². The van der Waals surface area contributed by atoms with Crippen molar-refractivity contribution in [2.24, 2.45) is 0 Å². The predicted molar refractivity (Wildman–Crippen MR) is 120 cm³/mol. The van der Waals surface area contributed by atoms with E-state index in [1.54, 1.807) is 0 Å². The van der Waals surface area contributed by atoms with Gasteiger partial charge in [-0.2, -0.15) is 0 Å². The average molecular weight is 364 g/mol. The first kappa shape index (κ1) is 17.9. The standard InChI is InChI=1S/C26H24N2/c1-21-10-9-15-26(20-21)27(2)22-16-18-25(19-17-22)28(23-11-5-3-6-12-23)24-13-7-4-8-14-24/h3-20H,1-2H3. The number of aryl methyl sites for hydroxylation is 1. The third-order valence-electron chi connectivity index (χ3n) is 4.91. The molecule has 0 atom stereocenters. The average Bonchev–Trinajstić information content (AvgIpc) is 2.75. The highest BCUT2D eigenvalue weighted by atomic mass is 15.1. The summed E-state index contributed by atoms with van der Waals surface area (Å²) >= 11 is 0. The zero-order valence-electron chi connectivity index (χ0n) is 16.3. The van der Waals surface area contributed by atoms with Crippen LogP contribution in [-0.4, -0.2) is 7.05 Å². The van der Waals surface area contributed by atoms with Crippen LogP contribution in [0.2, 0.25) is 0 Å². The molecule has 4 aromatic rings. The van der Waals surface area contributed by atoms with Crippen molar-refractivity contribution in [2.45, 2.75) is 6.92 Å². The Morgan fingerprint density at radius 1 is 0.464 bits per heavy atom. The SMILES string of the molecule is Cc1cccc(N(C)c2ccc(N(c3ccccc3)c3ccccc3)cc2)c1. The molecule has 0 radical (unpaired) electrons. The third-order valence-corrected chi connectivity index (χ3v) is 4.91. The molecule has 0 aliphatic rings. The van der Waals surface area contributed by atoms with Gasteiger partial charge in [-0.1, -0.05) is 48.5 Å². The molecular weight excluding hydrogens is 340 g/mol. The van der Waals surface area contributed by atoms with Gasteiger partial charge in [0.15, 0.2) is 0 Å². The van der Waals surface area contributed by atoms with Crippen molar-refractivity contribution in [3.05, 3.63) is 115 Å². The lowest BCUT2D eigenvalue weighted by molar-refractivity contribution is 1.20. The molecular formula is C26H24N2. The third kappa shape index (κ3) is 3.77. The maximum atomic E-state index is 2.27. The summed E-state index contributed by atoms with van der Waals surface area (Å²) in [6.07, 6.45) is 0. The normalized spacial score (nSPS) is 10.5. The molecule has 28 heavy (non-hydrogen) atoms. The minimum atomic E-state index is 1.14. The molecule has 2 heteroatoms. The van der Waals surface area contributed by atoms with Crippen LogP contribution in [0, 0.1) is 6.92 Å². The minimum absolute atomic E-state index is 1.14. The lowest BCUT2D eigenvalue weighted by atomic mass is 10.1. The van der Waals surface area contributed by atoms with Crippen LogP contribution in [0.5, 0.6) is 0 Å². The molecule has 0 saturated carbocycles. The largest absolute Gasteiger partial charge is 0.345 e. The summed E-state index contributed by atoms with van der Waals surface area (Å²) in [7, 11) is 2.11. The van der Waals surface area contributed by atoms with E-state index in [-0.39, 0.29) is 0 Å². The summed E-state index contributed by atoms with van der Waals surface area (Å²) in [4.78, 5) is 4.49. The second-order valence-electron chi connectivity index (χ2n) is 6.92. The zero-order valence-corrected chi connectivity index (χ0v) is 16.3. The molecule has 0 unspecified atom stereocenters. The van der Waals surface area contributed by atoms with E-state index in [1.165, 1.54) is 11.3 Å². The van der Waals surface area contributed by atoms with Crippen molar-refractivity contribution >= 4 is 28.4 Å². The summed E-state index contributed by atoms with van der Waals surface area (Å²) < 4.78 is 0. The van der Waals surface area contributed by atoms with Gasteiger partial charge in [0, 0.05) is 35.5 Å². The highest BCUT2D eigenvalue weighted by Gasteiger charge is 2.12. The topological polar surface area (TPSA) is 6.48 Å². The summed E-state index contributed by atoms with van der Waals surface area (Å²) in [6, 6.07) is 38.2. The zero-order chi connectivity index (χ0) is 19.3. The molecule has 4 aromatic carbocycles. The van der Waals surface area contributed by atoms with Crippen molar-refractivity contribution in [1.29, 1.82) is 0 Å². The molecule has 0 heterocycles. The molecule has 4 rings (SSSR count). The van der Waals surface area contributed by atoms with Crippen LogP contribution in [0.4, 0.5) is 28.4 Å². The molecule has 0 amide bonds. The number of benzene rings is 4. The van der Waals surface area contributed by atoms with E-state index in [2.05, 4.69) is 121 Å². The number of hydrogen-bond acceptors (Lipinski definition) is 2. The lowest BCUT2D eigenvalue weighted by Crippen LogP contribution is -2.11. The molecule has 0 aromatic heterocycles. The lowest BCUT2D eigenvalue weighted by Gasteiger charge is -2.26. The minimum Gasteiger partial charge on any atom is -0.345 e. The fourth-order valence-corrected chi connectivity index (χ4v) is 3.41. The molecule has 0 spiro atoms. The first-order chi connectivity index (χ1) is 13.7. The van der Waals surface area contributed by atoms with Crippen molar-refractivity contribution in [1.82, 2.24) is 0 Å². The van der Waals surface area contributed by atoms with Crippen LogP contribution in [0.15, 0.2) is 109 Å². The van der Waals surface area contributed by atoms with Gasteiger partial charge in [-0.3, -0.25) is 0 Å². The molecule has 0 aliphatic carbocycles. The fraction of sp³-hybridized carbons (Fsp3) is 0.0769. The van der Waals surface area contributed by atoms with E-state index in [1.807, 2.05) is 12.1 Å². The number of rotatable bonds is 5. The number of nitrogens with zero attached hydrogens (tertiary/aromatic N) is 2. The Hall–Kier alpha value is -3.52. The van der Waals surface area contributed by atoms with Crippen molar-refractivity contribution < 1.29 is 0 Å². The monoisotopic (exact) mass is 364 g/mol. The quantitative estimate of drug-likeness (QED) is 0.368. The molecule has 138 valence electrons. The number of anilines is 5. The summed E-state index contributed by atoms with van der Waals surface area (Å²) in [5.74, 6) is 0. The van der Waals surface area contributed by atoms with Crippen molar-refractivity contribution in [2.75, 3.05) is 16.8 Å². The highest BCUT2D eigenvalue weighted by molar-refractivity contribution is 5.77. The van der Waals surface area contributed by atoms with Crippen LogP contribution < -0.4 is 9.80 Å². The molecule has 0 aliphatic heterocycles. The van der Waals surface area contributed by atoms with Crippen LogP contribution in [-0.2, 0) is 0 Å². The highest BCUT2D eigenvalue weighted by Crippen LogP contribution is 2.35. The first-order valence-corrected chi connectivity index (χ1v) is 9.53. The summed E-state index contributed by atoms with van der Waals surface area (Å²) in [5.41, 5.74) is 7.05. The van der Waals surface area contributed by atoms with Crippen molar-refractivity contribution in [3.8, 4) is 0 Å². The van der Waals surface area contributed by atoms with Crippen LogP contribution >= 0.6 is 0 Å². The van der Waals surface area contributed by atoms with E-state index in [0.717, 1.165) is 22.7 Å². The van der Waals surface area contributed by atoms with E-state index < -0.39 is 0 Å². The molecule has 2 nitrogen and oxygen atoms in total. The number of para-hydroxylation sites is 2. The molecule has 0 bridgehead atoms. The first-order valence-electron chi connectivity index (χ1n) is 9.53. The Labute approximate surface area is 167 Å². The Morgan fingerprint density at radius 3 is 1.46 bits per heavy atom. The maximum absolute atomic E-state index is 2.27. The smallest absolute Gasteiger partial charge is 0.0463 e. The van der Waals surface area contributed by atoms with E-state index in [4.69, 9.17) is 0 Å². The number of hydrogen-bond donors (Lipinski definition) is 0. The van der Waals surface area contributed by atoms with Crippen LogP contribution in [0.25, 0.3) is 0 Å². The second kappa shape index (κ2) is 8.01. The van der Waals surface area contributed by atoms with Gasteiger partial charge in [-0.25, -0.2) is 0 Å². The van der Waals surface area contributed by atoms with Gasteiger partial charge in [-0.15, -0.1) is 0 Å². The van der Waals surface area contributed by atoms with E-state index in [9.17, 15) is 0 Å². The predicted octanol–water partition coefficient (Wildman–Crippen LogP) is 7.23. The van der Waals surface area contributed by atoms with Gasteiger partial charge in [0.1, 0.15) is 0 Å². The van der Waals surface area contributed by atoms with E-state index >= 15 is 0 Å². The van der Waals surface area contributed by atoms with E-state index in [0.29, 0.717) is 0 Å². The molecule has 0 N–H and O–H groups in total. The molecule has 0 fully saturated rings. The van der Waals surface area contributed by atoms with Gasteiger partial charge in [0.25, 0.3) is 0 Å². The fourth-order valence-electron chi connectivity index (χ4n) is 3.41. The van der Waals surface area contributed by atoms with Crippen LogP contribution in [0.1, 0.15) is 5.56 Å². The van der Waals surface area contributed by atoms with Gasteiger partial charge in [-0.05, 0) is 73.2 Å². The van der Waals surface area contributed by atoms with Gasteiger partial charge < -0.3 is 9.80 Å².